The highest BCUT2D eigenvalue weighted by Gasteiger charge is 2.21. The number of rotatable bonds is 4. The highest BCUT2D eigenvalue weighted by molar-refractivity contribution is 6.30. The molecule has 0 atom stereocenters. The number of alkyl halides is 1. The van der Waals surface area contributed by atoms with Gasteiger partial charge in [0.2, 0.25) is 0 Å². The molecule has 0 spiro atoms. The lowest BCUT2D eigenvalue weighted by Crippen LogP contribution is -2.21. The van der Waals surface area contributed by atoms with Gasteiger partial charge in [-0.05, 0) is 42.0 Å². The Morgan fingerprint density at radius 1 is 1.07 bits per heavy atom. The minimum Gasteiger partial charge on any atom is -0.308 e. The number of urea groups is 1. The van der Waals surface area contributed by atoms with Crippen LogP contribution in [0.2, 0.25) is 5.02 Å². The van der Waals surface area contributed by atoms with Crippen molar-refractivity contribution >= 4 is 40.7 Å². The molecule has 0 radical (unpaired) electrons. The zero-order valence-electron chi connectivity index (χ0n) is 16.0. The van der Waals surface area contributed by atoms with Gasteiger partial charge in [0.15, 0.2) is 0 Å². The summed E-state index contributed by atoms with van der Waals surface area (Å²) in [5.74, 6) is 0.976. The monoisotopic (exact) mass is 416 g/mol. The van der Waals surface area contributed by atoms with E-state index >= 15 is 0 Å². The molecule has 0 unspecified atom stereocenters. The second-order valence-electron chi connectivity index (χ2n) is 7.47. The van der Waals surface area contributed by atoms with Crippen LogP contribution in [0.1, 0.15) is 32.0 Å². The summed E-state index contributed by atoms with van der Waals surface area (Å²) >= 11 is 11.9. The first kappa shape index (κ1) is 20.2. The molecular weight excluding hydrogens is 395 g/mol. The third kappa shape index (κ3) is 4.86. The molecule has 0 bridgehead atoms. The van der Waals surface area contributed by atoms with E-state index in [1.165, 1.54) is 0 Å². The number of carbonyl (C=O) groups is 1. The normalized spacial score (nSPS) is 11.3. The third-order valence-corrected chi connectivity index (χ3v) is 4.69. The lowest BCUT2D eigenvalue weighted by atomic mass is 9.92. The van der Waals surface area contributed by atoms with E-state index in [-0.39, 0.29) is 11.4 Å². The number of anilines is 2. The molecule has 2 aromatic carbocycles. The number of nitrogens with zero attached hydrogens (tertiary/aromatic N) is 2. The molecule has 2 N–H and O–H groups in total. The Hall–Kier alpha value is -2.50. The zero-order valence-corrected chi connectivity index (χ0v) is 17.5. The Bertz CT molecular complexity index is 975. The van der Waals surface area contributed by atoms with Crippen LogP contribution in [0.3, 0.4) is 0 Å². The first-order chi connectivity index (χ1) is 13.3. The Morgan fingerprint density at radius 2 is 1.79 bits per heavy atom. The van der Waals surface area contributed by atoms with Crippen LogP contribution in [0, 0.1) is 0 Å². The summed E-state index contributed by atoms with van der Waals surface area (Å²) in [6.45, 7) is 6.23. The van der Waals surface area contributed by atoms with E-state index in [9.17, 15) is 4.79 Å². The summed E-state index contributed by atoms with van der Waals surface area (Å²) < 4.78 is 1.72. The summed E-state index contributed by atoms with van der Waals surface area (Å²) in [6, 6.07) is 16.2. The minimum absolute atomic E-state index is 0.168. The second kappa shape index (κ2) is 8.25. The van der Waals surface area contributed by atoms with E-state index in [1.54, 1.807) is 28.9 Å². The van der Waals surface area contributed by atoms with Gasteiger partial charge in [-0.1, -0.05) is 44.5 Å². The molecule has 3 aromatic rings. The van der Waals surface area contributed by atoms with Crippen LogP contribution in [0.4, 0.5) is 16.3 Å². The predicted octanol–water partition coefficient (Wildman–Crippen LogP) is 6.21. The van der Waals surface area contributed by atoms with Gasteiger partial charge in [-0.15, -0.1) is 11.6 Å². The molecule has 146 valence electrons. The fourth-order valence-electron chi connectivity index (χ4n) is 2.62. The number of amides is 2. The van der Waals surface area contributed by atoms with E-state index in [0.717, 1.165) is 16.9 Å². The number of hydrogen-bond acceptors (Lipinski definition) is 2. The summed E-state index contributed by atoms with van der Waals surface area (Å²) in [4.78, 5) is 12.5. The Balaban J connectivity index is 1.91. The van der Waals surface area contributed by atoms with Gasteiger partial charge in [0.05, 0.1) is 11.4 Å². The van der Waals surface area contributed by atoms with Crippen molar-refractivity contribution in [3.63, 3.8) is 0 Å². The molecule has 0 saturated heterocycles. The average molecular weight is 417 g/mol. The Morgan fingerprint density at radius 3 is 2.43 bits per heavy atom. The van der Waals surface area contributed by atoms with E-state index in [2.05, 4.69) is 31.4 Å². The van der Waals surface area contributed by atoms with Crippen LogP contribution in [0.15, 0.2) is 54.6 Å². The van der Waals surface area contributed by atoms with Crippen molar-refractivity contribution in [2.75, 3.05) is 10.6 Å². The molecule has 3 rings (SSSR count). The predicted molar refractivity (Wildman–Crippen MR) is 116 cm³/mol. The number of carbonyl (C=O) groups excluding carboxylic acids is 1. The largest absolute Gasteiger partial charge is 0.324 e. The van der Waals surface area contributed by atoms with Crippen LogP contribution in [-0.4, -0.2) is 15.8 Å². The summed E-state index contributed by atoms with van der Waals surface area (Å²) in [7, 11) is 0. The maximum absolute atomic E-state index is 12.5. The van der Waals surface area contributed by atoms with Crippen LogP contribution >= 0.6 is 23.2 Å². The van der Waals surface area contributed by atoms with E-state index in [0.29, 0.717) is 22.4 Å². The Labute approximate surface area is 174 Å². The molecule has 5 nitrogen and oxygen atoms in total. The van der Waals surface area contributed by atoms with Crippen molar-refractivity contribution in [2.45, 2.75) is 32.1 Å². The molecule has 7 heteroatoms. The maximum Gasteiger partial charge on any atom is 0.324 e. The van der Waals surface area contributed by atoms with Crippen molar-refractivity contribution in [1.29, 1.82) is 0 Å². The number of hydrogen-bond donors (Lipinski definition) is 2. The van der Waals surface area contributed by atoms with E-state index in [4.69, 9.17) is 28.3 Å². The van der Waals surface area contributed by atoms with Gasteiger partial charge in [0, 0.05) is 28.1 Å². The molecule has 28 heavy (non-hydrogen) atoms. The van der Waals surface area contributed by atoms with Crippen LogP contribution in [0.5, 0.6) is 0 Å². The lowest BCUT2D eigenvalue weighted by molar-refractivity contribution is 0.262. The van der Waals surface area contributed by atoms with Gasteiger partial charge in [-0.2, -0.15) is 5.10 Å². The van der Waals surface area contributed by atoms with Crippen molar-refractivity contribution in [2.24, 2.45) is 0 Å². The fraction of sp³-hybridized carbons (Fsp3) is 0.238. The molecule has 0 aliphatic carbocycles. The molecule has 2 amide bonds. The summed E-state index contributed by atoms with van der Waals surface area (Å²) in [6.07, 6.45) is 0. The highest BCUT2D eigenvalue weighted by atomic mass is 35.5. The molecule has 0 aliphatic heterocycles. The molecule has 0 aliphatic rings. The van der Waals surface area contributed by atoms with E-state index < -0.39 is 0 Å². The summed E-state index contributed by atoms with van der Waals surface area (Å²) in [5.41, 5.74) is 3.15. The average Bonchev–Trinajstić information content (AvgIpc) is 3.08. The first-order valence-corrected chi connectivity index (χ1v) is 9.77. The van der Waals surface area contributed by atoms with Crippen LogP contribution < -0.4 is 10.6 Å². The van der Waals surface area contributed by atoms with Crippen molar-refractivity contribution in [3.05, 3.63) is 70.9 Å². The van der Waals surface area contributed by atoms with Crippen molar-refractivity contribution in [3.8, 4) is 5.69 Å². The highest BCUT2D eigenvalue weighted by Crippen LogP contribution is 2.27. The van der Waals surface area contributed by atoms with Crippen LogP contribution in [0.25, 0.3) is 5.69 Å². The summed E-state index contributed by atoms with van der Waals surface area (Å²) in [5, 5.41) is 11.0. The number of aromatic nitrogens is 2. The molecule has 0 saturated carbocycles. The van der Waals surface area contributed by atoms with Crippen molar-refractivity contribution < 1.29 is 4.79 Å². The maximum atomic E-state index is 12.5. The number of halogens is 2. The van der Waals surface area contributed by atoms with Gasteiger partial charge in [-0.3, -0.25) is 5.32 Å². The number of nitrogens with one attached hydrogen (secondary N) is 2. The fourth-order valence-corrected chi connectivity index (χ4v) is 2.91. The van der Waals surface area contributed by atoms with Crippen molar-refractivity contribution in [1.82, 2.24) is 9.78 Å². The van der Waals surface area contributed by atoms with Crippen LogP contribution in [-0.2, 0) is 11.3 Å². The molecule has 0 fully saturated rings. The first-order valence-electron chi connectivity index (χ1n) is 8.85. The standard InChI is InChI=1S/C21H22Cl2N4O/c1-21(2,3)18-12-19(25-20(28)24-16-9-7-15(23)8-10-16)27(26-18)17-6-4-5-14(11-17)13-22/h4-12H,13H2,1-3H3,(H2,24,25,28). The van der Waals surface area contributed by atoms with Gasteiger partial charge < -0.3 is 5.32 Å². The molecular formula is C21H22Cl2N4O. The smallest absolute Gasteiger partial charge is 0.308 e. The Kier molecular flexibility index (Phi) is 5.96. The van der Waals surface area contributed by atoms with E-state index in [1.807, 2.05) is 30.3 Å². The third-order valence-electron chi connectivity index (χ3n) is 4.13. The van der Waals surface area contributed by atoms with Gasteiger partial charge in [-0.25, -0.2) is 9.48 Å². The number of benzene rings is 2. The topological polar surface area (TPSA) is 59.0 Å². The molecule has 1 aromatic heterocycles. The second-order valence-corrected chi connectivity index (χ2v) is 8.17. The minimum atomic E-state index is -0.363. The SMILES string of the molecule is CC(C)(C)c1cc(NC(=O)Nc2ccc(Cl)cc2)n(-c2cccc(CCl)c2)n1. The quantitative estimate of drug-likeness (QED) is 0.496. The van der Waals surface area contributed by atoms with Gasteiger partial charge >= 0.3 is 6.03 Å². The lowest BCUT2D eigenvalue weighted by Gasteiger charge is -2.14. The van der Waals surface area contributed by atoms with Gasteiger partial charge in [0.25, 0.3) is 0 Å². The van der Waals surface area contributed by atoms with Gasteiger partial charge in [0.1, 0.15) is 5.82 Å². The molecule has 1 heterocycles. The zero-order chi connectivity index (χ0) is 20.3.